The predicted molar refractivity (Wildman–Crippen MR) is 230 cm³/mol. The molecule has 54 heavy (non-hydrogen) atoms. The van der Waals surface area contributed by atoms with Crippen molar-refractivity contribution in [3.05, 3.63) is 137 Å². The van der Waals surface area contributed by atoms with Crippen molar-refractivity contribution in [2.24, 2.45) is 0 Å². The Kier molecular flexibility index (Phi) is 6.03. The third-order valence-electron chi connectivity index (χ3n) is 12.9. The van der Waals surface area contributed by atoms with Gasteiger partial charge in [-0.3, -0.25) is 0 Å². The maximum absolute atomic E-state index is 6.53. The first kappa shape index (κ1) is 32.0. The number of hydrogen-bond donors (Lipinski definition) is 0. The molecule has 0 fully saturated rings. The number of aromatic nitrogens is 1. The molecule has 0 atom stereocenters. The van der Waals surface area contributed by atoms with Crippen LogP contribution in [-0.4, -0.2) is 11.3 Å². The van der Waals surface area contributed by atoms with Gasteiger partial charge in [-0.2, -0.15) is 0 Å². The van der Waals surface area contributed by atoms with Gasteiger partial charge in [0.2, 0.25) is 0 Å². The zero-order chi connectivity index (χ0) is 37.2. The molecule has 6 aromatic carbocycles. The number of para-hydroxylation sites is 1. The summed E-state index contributed by atoms with van der Waals surface area (Å²) in [5.74, 6) is 0. The molecule has 3 aliphatic rings. The van der Waals surface area contributed by atoms with Crippen LogP contribution in [0.1, 0.15) is 83.3 Å². The highest BCUT2D eigenvalue weighted by Crippen LogP contribution is 2.55. The maximum atomic E-state index is 6.53. The molecule has 1 aliphatic carbocycles. The van der Waals surface area contributed by atoms with Gasteiger partial charge in [-0.15, -0.1) is 0 Å². The van der Waals surface area contributed by atoms with E-state index in [-0.39, 0.29) is 23.0 Å². The van der Waals surface area contributed by atoms with E-state index in [1.54, 1.807) is 0 Å². The molecule has 0 amide bonds. The van der Waals surface area contributed by atoms with Crippen molar-refractivity contribution < 1.29 is 4.42 Å². The zero-order valence-electron chi connectivity index (χ0n) is 32.8. The fraction of sp³-hybridized carbons (Fsp3) is 0.240. The topological polar surface area (TPSA) is 21.3 Å². The summed E-state index contributed by atoms with van der Waals surface area (Å²) in [6.45, 7) is 21.3. The van der Waals surface area contributed by atoms with Crippen LogP contribution in [0.5, 0.6) is 0 Å². The first-order chi connectivity index (χ1) is 25.7. The van der Waals surface area contributed by atoms with E-state index < -0.39 is 0 Å². The van der Waals surface area contributed by atoms with Gasteiger partial charge in [-0.05, 0) is 104 Å². The Bertz CT molecular complexity index is 2960. The first-order valence-electron chi connectivity index (χ1n) is 19.6. The van der Waals surface area contributed by atoms with E-state index >= 15 is 0 Å². The Balaban J connectivity index is 1.33. The molecule has 11 rings (SSSR count). The molecule has 0 unspecified atom stereocenters. The van der Waals surface area contributed by atoms with Crippen LogP contribution in [0.2, 0.25) is 0 Å². The van der Waals surface area contributed by atoms with Crippen LogP contribution < -0.4 is 21.3 Å². The molecule has 0 N–H and O–H groups in total. The monoisotopic (exact) mass is 700 g/mol. The van der Waals surface area contributed by atoms with Gasteiger partial charge in [0.15, 0.2) is 0 Å². The van der Waals surface area contributed by atoms with Gasteiger partial charge < -0.3 is 13.9 Å². The van der Waals surface area contributed by atoms with E-state index in [1.165, 1.54) is 83.4 Å². The van der Waals surface area contributed by atoms with E-state index in [4.69, 9.17) is 4.42 Å². The number of fused-ring (bicyclic) bond motifs is 12. The second-order valence-corrected chi connectivity index (χ2v) is 18.7. The predicted octanol–water partition coefficient (Wildman–Crippen LogP) is 11.4. The van der Waals surface area contributed by atoms with E-state index in [1.807, 2.05) is 0 Å². The van der Waals surface area contributed by atoms with Gasteiger partial charge in [0, 0.05) is 50.0 Å². The van der Waals surface area contributed by atoms with Crippen molar-refractivity contribution in [1.82, 2.24) is 4.57 Å². The minimum atomic E-state index is -0.178. The largest absolute Gasteiger partial charge is 0.456 e. The van der Waals surface area contributed by atoms with Crippen molar-refractivity contribution in [3.8, 4) is 16.8 Å². The summed E-state index contributed by atoms with van der Waals surface area (Å²) in [6.07, 6.45) is 0. The summed E-state index contributed by atoms with van der Waals surface area (Å²) in [5.41, 5.74) is 21.6. The molecule has 0 saturated carbocycles. The number of nitrogens with zero attached hydrogens (tertiary/aromatic N) is 2. The van der Waals surface area contributed by atoms with Gasteiger partial charge in [0.25, 0.3) is 6.71 Å². The molecular formula is C50H45BN2O. The molecule has 8 aromatic rings. The molecular weight excluding hydrogens is 655 g/mol. The average Bonchev–Trinajstić information content (AvgIpc) is 3.76. The lowest BCUT2D eigenvalue weighted by Crippen LogP contribution is -2.61. The van der Waals surface area contributed by atoms with Gasteiger partial charge in [-0.25, -0.2) is 0 Å². The number of benzene rings is 6. The van der Waals surface area contributed by atoms with Gasteiger partial charge >= 0.3 is 0 Å². The molecule has 4 heteroatoms. The van der Waals surface area contributed by atoms with Crippen LogP contribution >= 0.6 is 0 Å². The summed E-state index contributed by atoms with van der Waals surface area (Å²) in [7, 11) is 0. The lowest BCUT2D eigenvalue weighted by Gasteiger charge is -2.42. The Morgan fingerprint density at radius 1 is 0.611 bits per heavy atom. The third kappa shape index (κ3) is 3.99. The highest BCUT2D eigenvalue weighted by atomic mass is 16.3. The van der Waals surface area contributed by atoms with Crippen molar-refractivity contribution in [2.45, 2.75) is 78.6 Å². The van der Waals surface area contributed by atoms with Crippen molar-refractivity contribution in [1.29, 1.82) is 0 Å². The zero-order valence-corrected chi connectivity index (χ0v) is 32.8. The quantitative estimate of drug-likeness (QED) is 0.159. The Morgan fingerprint density at radius 2 is 1.33 bits per heavy atom. The van der Waals surface area contributed by atoms with Crippen molar-refractivity contribution in [2.75, 3.05) is 4.90 Å². The van der Waals surface area contributed by atoms with Gasteiger partial charge in [0.1, 0.15) is 11.2 Å². The van der Waals surface area contributed by atoms with Crippen molar-refractivity contribution in [3.63, 3.8) is 0 Å². The lowest BCUT2D eigenvalue weighted by molar-refractivity contribution is 0.590. The highest BCUT2D eigenvalue weighted by Gasteiger charge is 2.48. The highest BCUT2D eigenvalue weighted by molar-refractivity contribution is 7.00. The Labute approximate surface area is 318 Å². The van der Waals surface area contributed by atoms with Crippen LogP contribution in [0, 0.1) is 6.92 Å². The smallest absolute Gasteiger partial charge is 0.252 e. The second kappa shape index (κ2) is 10.2. The molecule has 0 bridgehead atoms. The van der Waals surface area contributed by atoms with Crippen LogP contribution in [0.25, 0.3) is 49.7 Å². The molecule has 264 valence electrons. The van der Waals surface area contributed by atoms with E-state index in [9.17, 15) is 0 Å². The van der Waals surface area contributed by atoms with Crippen LogP contribution in [0.15, 0.2) is 114 Å². The van der Waals surface area contributed by atoms with E-state index in [0.29, 0.717) is 0 Å². The average molecular weight is 701 g/mol. The molecule has 0 saturated heterocycles. The minimum absolute atomic E-state index is 0.0203. The number of hydrogen-bond acceptors (Lipinski definition) is 2. The number of anilines is 3. The second-order valence-electron chi connectivity index (χ2n) is 18.7. The van der Waals surface area contributed by atoms with Crippen LogP contribution in [-0.2, 0) is 16.2 Å². The molecule has 0 spiro atoms. The van der Waals surface area contributed by atoms with Gasteiger partial charge in [-0.1, -0.05) is 122 Å². The number of aryl methyl sites for hydroxylation is 1. The molecule has 0 radical (unpaired) electrons. The maximum Gasteiger partial charge on any atom is 0.252 e. The lowest BCUT2D eigenvalue weighted by atomic mass is 9.33. The number of furan rings is 1. The molecule has 2 aliphatic heterocycles. The van der Waals surface area contributed by atoms with Crippen LogP contribution in [0.3, 0.4) is 0 Å². The summed E-state index contributed by atoms with van der Waals surface area (Å²) in [6, 6.07) is 41.5. The Hall–Kier alpha value is -5.48. The summed E-state index contributed by atoms with van der Waals surface area (Å²) < 4.78 is 9.22. The van der Waals surface area contributed by atoms with E-state index in [2.05, 4.69) is 181 Å². The third-order valence-corrected chi connectivity index (χ3v) is 12.9. The number of rotatable bonds is 1. The summed E-state index contributed by atoms with van der Waals surface area (Å²) in [4.78, 5) is 2.58. The fourth-order valence-electron chi connectivity index (χ4n) is 10.3. The minimum Gasteiger partial charge on any atom is -0.456 e. The molecule has 4 heterocycles. The molecule has 3 nitrogen and oxygen atoms in total. The first-order valence-corrected chi connectivity index (χ1v) is 19.6. The standard InChI is InChI=1S/C50H45BN2O/c1-28-23-39-45-40(24-28)53-46-33(43-31-15-10-12-17-34(31)50(8,9)47(43)53)25-30(49(5,6)7)26-36(46)51(45)35-22-21-29(48(2,3)4)27-38(35)52(39)37-18-14-20-42-44(37)32-16-11-13-19-41(32)54-42/h10-27H,1-9H3. The van der Waals surface area contributed by atoms with Crippen molar-refractivity contribution >= 4 is 73.0 Å². The fourth-order valence-corrected chi connectivity index (χ4v) is 10.3. The van der Waals surface area contributed by atoms with Crippen LogP contribution in [0.4, 0.5) is 17.1 Å². The normalized spacial score (nSPS) is 15.2. The summed E-state index contributed by atoms with van der Waals surface area (Å²) in [5, 5.41) is 3.68. The Morgan fingerprint density at radius 3 is 2.13 bits per heavy atom. The van der Waals surface area contributed by atoms with Gasteiger partial charge in [0.05, 0.1) is 11.1 Å². The summed E-state index contributed by atoms with van der Waals surface area (Å²) >= 11 is 0. The SMILES string of the molecule is Cc1cc2c3c(c1)-n1c4c(c5cc(C(C)(C)C)cc(c51)B3c1ccc(C(C)(C)C)cc1N2c1cccc2oc3ccccc3c12)-c1ccccc1C4(C)C. The molecule has 2 aromatic heterocycles. The van der Waals surface area contributed by atoms with E-state index in [0.717, 1.165) is 27.6 Å².